The summed E-state index contributed by atoms with van der Waals surface area (Å²) in [6, 6.07) is 15.2. The molecule has 3 N–H and O–H groups in total. The van der Waals surface area contributed by atoms with Crippen molar-refractivity contribution in [3.8, 4) is 23.0 Å². The van der Waals surface area contributed by atoms with Crippen molar-refractivity contribution in [2.24, 2.45) is 11.8 Å². The Labute approximate surface area is 206 Å². The van der Waals surface area contributed by atoms with E-state index in [0.717, 1.165) is 22.3 Å². The topological polar surface area (TPSA) is 105 Å². The zero-order valence-electron chi connectivity index (χ0n) is 20.3. The molecule has 35 heavy (non-hydrogen) atoms. The largest absolute Gasteiger partial charge is 0.481 e. The summed E-state index contributed by atoms with van der Waals surface area (Å²) in [5, 5.41) is 14.5. The smallest absolute Gasteiger partial charge is 0.407 e. The zero-order valence-corrected chi connectivity index (χ0v) is 20.3. The molecule has 0 radical (unpaired) electrons. The van der Waals surface area contributed by atoms with Crippen molar-refractivity contribution in [3.05, 3.63) is 59.7 Å². The van der Waals surface area contributed by atoms with Crippen LogP contribution in [-0.2, 0) is 14.3 Å². The summed E-state index contributed by atoms with van der Waals surface area (Å²) < 4.78 is 5.56. The maximum Gasteiger partial charge on any atom is 0.407 e. The van der Waals surface area contributed by atoms with Gasteiger partial charge in [0.1, 0.15) is 12.6 Å². The van der Waals surface area contributed by atoms with Crippen LogP contribution >= 0.6 is 0 Å². The average molecular weight is 477 g/mol. The van der Waals surface area contributed by atoms with Gasteiger partial charge in [0.2, 0.25) is 5.91 Å². The van der Waals surface area contributed by atoms with Crippen LogP contribution in [0.15, 0.2) is 48.5 Å². The monoisotopic (exact) mass is 476 g/mol. The van der Waals surface area contributed by atoms with E-state index in [1.807, 2.05) is 50.2 Å². The second kappa shape index (κ2) is 12.1. The molecule has 0 aromatic heterocycles. The molecule has 7 nitrogen and oxygen atoms in total. The van der Waals surface area contributed by atoms with Crippen LogP contribution in [0, 0.1) is 23.7 Å². The van der Waals surface area contributed by atoms with Crippen LogP contribution in [0.3, 0.4) is 0 Å². The van der Waals surface area contributed by atoms with E-state index in [-0.39, 0.29) is 43.7 Å². The fourth-order valence-electron chi connectivity index (χ4n) is 4.32. The predicted octanol–water partition coefficient (Wildman–Crippen LogP) is 4.17. The maximum absolute atomic E-state index is 12.8. The first kappa shape index (κ1) is 25.8. The number of alkyl carbamates (subject to hydrolysis) is 1. The molecule has 184 valence electrons. The number of carbonyl (C=O) groups is 3. The first-order valence-corrected chi connectivity index (χ1v) is 11.8. The molecule has 0 saturated heterocycles. The van der Waals surface area contributed by atoms with Crippen molar-refractivity contribution in [2.75, 3.05) is 13.2 Å². The summed E-state index contributed by atoms with van der Waals surface area (Å²) in [5.74, 6) is 4.00. The van der Waals surface area contributed by atoms with Crippen molar-refractivity contribution < 1.29 is 24.2 Å². The van der Waals surface area contributed by atoms with Gasteiger partial charge in [-0.2, -0.15) is 0 Å². The fraction of sp³-hybridized carbons (Fsp3) is 0.393. The molecule has 2 unspecified atom stereocenters. The van der Waals surface area contributed by atoms with Crippen molar-refractivity contribution in [1.29, 1.82) is 0 Å². The molecule has 0 saturated carbocycles. The molecule has 2 amide bonds. The Balaban J connectivity index is 1.62. The SMILES string of the molecule is CC#CCC(NC(=O)OCC1c2ccccc2-c2ccccc21)C(=O)NCC(CC(=O)O)C(C)C. The van der Waals surface area contributed by atoms with E-state index in [1.165, 1.54) is 0 Å². The van der Waals surface area contributed by atoms with Crippen LogP contribution in [0.1, 0.15) is 50.7 Å². The van der Waals surface area contributed by atoms with Crippen LogP contribution in [0.4, 0.5) is 4.79 Å². The van der Waals surface area contributed by atoms with Crippen LogP contribution < -0.4 is 10.6 Å². The van der Waals surface area contributed by atoms with Gasteiger partial charge in [-0.3, -0.25) is 9.59 Å². The molecular formula is C28H32N2O5. The molecule has 0 fully saturated rings. The fourth-order valence-corrected chi connectivity index (χ4v) is 4.32. The number of carboxylic acid groups (broad SMARTS) is 1. The van der Waals surface area contributed by atoms with E-state index in [2.05, 4.69) is 34.6 Å². The van der Waals surface area contributed by atoms with Crippen LogP contribution in [0.2, 0.25) is 0 Å². The highest BCUT2D eigenvalue weighted by molar-refractivity contribution is 5.86. The van der Waals surface area contributed by atoms with Gasteiger partial charge < -0.3 is 20.5 Å². The van der Waals surface area contributed by atoms with Gasteiger partial charge in [-0.1, -0.05) is 62.4 Å². The highest BCUT2D eigenvalue weighted by Crippen LogP contribution is 2.44. The lowest BCUT2D eigenvalue weighted by Crippen LogP contribution is -2.48. The van der Waals surface area contributed by atoms with Crippen LogP contribution in [0.5, 0.6) is 0 Å². The van der Waals surface area contributed by atoms with E-state index < -0.39 is 24.0 Å². The van der Waals surface area contributed by atoms with E-state index in [1.54, 1.807) is 6.92 Å². The van der Waals surface area contributed by atoms with Gasteiger partial charge in [0.15, 0.2) is 0 Å². The molecule has 0 bridgehead atoms. The number of rotatable bonds is 10. The average Bonchev–Trinajstić information content (AvgIpc) is 3.16. The van der Waals surface area contributed by atoms with E-state index in [9.17, 15) is 14.4 Å². The minimum absolute atomic E-state index is 0.0445. The third-order valence-corrected chi connectivity index (χ3v) is 6.35. The van der Waals surface area contributed by atoms with E-state index in [4.69, 9.17) is 9.84 Å². The molecular weight excluding hydrogens is 444 g/mol. The first-order chi connectivity index (χ1) is 16.8. The summed E-state index contributed by atoms with van der Waals surface area (Å²) in [6.45, 7) is 5.82. The summed E-state index contributed by atoms with van der Waals surface area (Å²) in [7, 11) is 0. The van der Waals surface area contributed by atoms with Gasteiger partial charge >= 0.3 is 12.1 Å². The number of hydrogen-bond donors (Lipinski definition) is 3. The molecule has 1 aliphatic rings. The lowest BCUT2D eigenvalue weighted by molar-refractivity contribution is -0.138. The lowest BCUT2D eigenvalue weighted by atomic mass is 9.92. The Morgan fingerprint density at radius 1 is 1.03 bits per heavy atom. The van der Waals surface area contributed by atoms with E-state index in [0.29, 0.717) is 0 Å². The maximum atomic E-state index is 12.8. The Kier molecular flexibility index (Phi) is 8.91. The number of nitrogens with one attached hydrogen (secondary N) is 2. The number of amides is 2. The molecule has 0 heterocycles. The summed E-state index contributed by atoms with van der Waals surface area (Å²) in [4.78, 5) is 36.6. The quantitative estimate of drug-likeness (QED) is 0.447. The number of hydrogen-bond acceptors (Lipinski definition) is 4. The lowest BCUT2D eigenvalue weighted by Gasteiger charge is -2.22. The summed E-state index contributed by atoms with van der Waals surface area (Å²) >= 11 is 0. The Morgan fingerprint density at radius 3 is 2.17 bits per heavy atom. The van der Waals surface area contributed by atoms with Crippen LogP contribution in [-0.4, -0.2) is 42.3 Å². The molecule has 2 aromatic rings. The molecule has 7 heteroatoms. The van der Waals surface area contributed by atoms with Gasteiger partial charge in [0.05, 0.1) is 6.42 Å². The van der Waals surface area contributed by atoms with Crippen molar-refractivity contribution in [3.63, 3.8) is 0 Å². The Hall–Kier alpha value is -3.79. The highest BCUT2D eigenvalue weighted by Gasteiger charge is 2.30. The van der Waals surface area contributed by atoms with Crippen molar-refractivity contribution >= 4 is 18.0 Å². The minimum atomic E-state index is -0.914. The number of carboxylic acids is 1. The highest BCUT2D eigenvalue weighted by atomic mass is 16.5. The van der Waals surface area contributed by atoms with Gasteiger partial charge in [-0.15, -0.1) is 11.8 Å². The number of fused-ring (bicyclic) bond motifs is 3. The Morgan fingerprint density at radius 2 is 1.63 bits per heavy atom. The Bertz CT molecular complexity index is 1090. The van der Waals surface area contributed by atoms with Crippen molar-refractivity contribution in [2.45, 2.75) is 45.6 Å². The molecule has 2 aromatic carbocycles. The van der Waals surface area contributed by atoms with Gasteiger partial charge in [-0.05, 0) is 41.0 Å². The van der Waals surface area contributed by atoms with Crippen molar-refractivity contribution in [1.82, 2.24) is 10.6 Å². The molecule has 1 aliphatic carbocycles. The number of ether oxygens (including phenoxy) is 1. The van der Waals surface area contributed by atoms with Gasteiger partial charge in [0, 0.05) is 18.9 Å². The second-order valence-electron chi connectivity index (χ2n) is 9.00. The standard InChI is InChI=1S/C28H32N2O5/c1-4-5-14-25(27(33)29-16-19(18(2)3)15-26(31)32)30-28(34)35-17-24-22-12-8-6-10-20(22)21-11-7-9-13-23(21)24/h6-13,18-19,24-25H,14-17H2,1-3H3,(H,29,33)(H,30,34)(H,31,32). The second-order valence-corrected chi connectivity index (χ2v) is 9.00. The summed E-state index contributed by atoms with van der Waals surface area (Å²) in [6.07, 6.45) is -0.620. The molecule has 0 spiro atoms. The molecule has 0 aliphatic heterocycles. The third-order valence-electron chi connectivity index (χ3n) is 6.35. The van der Waals surface area contributed by atoms with Gasteiger partial charge in [-0.25, -0.2) is 4.79 Å². The zero-order chi connectivity index (χ0) is 25.4. The predicted molar refractivity (Wildman–Crippen MR) is 134 cm³/mol. The molecule has 2 atom stereocenters. The number of benzene rings is 2. The normalized spacial score (nSPS) is 13.6. The summed E-state index contributed by atoms with van der Waals surface area (Å²) in [5.41, 5.74) is 4.47. The minimum Gasteiger partial charge on any atom is -0.481 e. The van der Waals surface area contributed by atoms with E-state index >= 15 is 0 Å². The number of aliphatic carboxylic acids is 1. The number of carbonyl (C=O) groups excluding carboxylic acids is 2. The van der Waals surface area contributed by atoms with Crippen LogP contribution in [0.25, 0.3) is 11.1 Å². The van der Waals surface area contributed by atoms with Gasteiger partial charge in [0.25, 0.3) is 0 Å². The third kappa shape index (κ3) is 6.63. The first-order valence-electron chi connectivity index (χ1n) is 11.8. The molecule has 3 rings (SSSR count).